The number of rotatable bonds is 8. The Morgan fingerprint density at radius 1 is 0.852 bits per heavy atom. The van der Waals surface area contributed by atoms with E-state index in [0.29, 0.717) is 5.03 Å². The Balaban J connectivity index is 2.29. The summed E-state index contributed by atoms with van der Waals surface area (Å²) in [6.07, 6.45) is 6.00. The minimum absolute atomic E-state index is 0.683. The molecule has 2 rings (SSSR count). The van der Waals surface area contributed by atoms with Crippen molar-refractivity contribution in [2.75, 3.05) is 27.3 Å². The van der Waals surface area contributed by atoms with Crippen LogP contribution in [0, 0.1) is 0 Å². The van der Waals surface area contributed by atoms with E-state index in [1.165, 1.54) is 0 Å². The molecule has 0 heterocycles. The van der Waals surface area contributed by atoms with E-state index < -0.39 is 0 Å². The SMILES string of the molecule is CC[N+](CC)=C(/C=C/C=C(/Cl)c1ccc(OC)cc1)c1ccc(OC)cc1. The van der Waals surface area contributed by atoms with Crippen molar-refractivity contribution in [1.82, 2.24) is 0 Å². The van der Waals surface area contributed by atoms with Gasteiger partial charge in [-0.1, -0.05) is 17.7 Å². The fraction of sp³-hybridized carbons (Fsp3) is 0.261. The van der Waals surface area contributed by atoms with Crippen LogP contribution in [0.4, 0.5) is 0 Å². The number of hydrogen-bond acceptors (Lipinski definition) is 2. The molecule has 4 heteroatoms. The minimum Gasteiger partial charge on any atom is -0.497 e. The molecule has 27 heavy (non-hydrogen) atoms. The van der Waals surface area contributed by atoms with Crippen LogP contribution < -0.4 is 9.47 Å². The summed E-state index contributed by atoms with van der Waals surface area (Å²) >= 11 is 6.45. The second-order valence-electron chi connectivity index (χ2n) is 5.89. The van der Waals surface area contributed by atoms with Crippen LogP contribution >= 0.6 is 11.6 Å². The Labute approximate surface area is 167 Å². The van der Waals surface area contributed by atoms with E-state index in [1.54, 1.807) is 14.2 Å². The van der Waals surface area contributed by atoms with Crippen molar-refractivity contribution in [3.05, 3.63) is 77.9 Å². The molecule has 0 aliphatic heterocycles. The first kappa shape index (κ1) is 20.8. The van der Waals surface area contributed by atoms with Gasteiger partial charge in [0.05, 0.1) is 14.2 Å². The van der Waals surface area contributed by atoms with Crippen molar-refractivity contribution in [2.45, 2.75) is 13.8 Å². The number of allylic oxidation sites excluding steroid dienone is 3. The third kappa shape index (κ3) is 5.73. The van der Waals surface area contributed by atoms with Crippen LogP contribution in [0.25, 0.3) is 5.03 Å². The van der Waals surface area contributed by atoms with Gasteiger partial charge in [-0.15, -0.1) is 0 Å². The molecule has 0 spiro atoms. The zero-order valence-corrected chi connectivity index (χ0v) is 17.2. The molecule has 142 valence electrons. The number of nitrogens with zero attached hydrogens (tertiary/aromatic N) is 1. The summed E-state index contributed by atoms with van der Waals surface area (Å²) in [4.78, 5) is 0. The second-order valence-corrected chi connectivity index (χ2v) is 6.30. The van der Waals surface area contributed by atoms with Crippen LogP contribution in [0.5, 0.6) is 11.5 Å². The molecule has 0 fully saturated rings. The lowest BCUT2D eigenvalue weighted by molar-refractivity contribution is -0.519. The maximum absolute atomic E-state index is 6.45. The second kappa shape index (κ2) is 10.6. The molecule has 0 aliphatic carbocycles. The molecule has 0 amide bonds. The lowest BCUT2D eigenvalue weighted by atomic mass is 10.1. The van der Waals surface area contributed by atoms with Gasteiger partial charge in [-0.05, 0) is 74.0 Å². The molecule has 0 atom stereocenters. The van der Waals surface area contributed by atoms with Gasteiger partial charge in [-0.25, -0.2) is 4.58 Å². The Bertz CT molecular complexity index is 812. The van der Waals surface area contributed by atoms with Crippen molar-refractivity contribution in [2.24, 2.45) is 0 Å². The molecule has 0 N–H and O–H groups in total. The van der Waals surface area contributed by atoms with Crippen molar-refractivity contribution in [1.29, 1.82) is 0 Å². The Kier molecular flexibility index (Phi) is 8.15. The number of benzene rings is 2. The molecule has 0 unspecified atom stereocenters. The van der Waals surface area contributed by atoms with Gasteiger partial charge < -0.3 is 9.47 Å². The molecular formula is C23H27ClNO2+. The third-order valence-electron chi connectivity index (χ3n) is 4.35. The molecule has 0 saturated carbocycles. The Hall–Kier alpha value is -2.52. The predicted octanol–water partition coefficient (Wildman–Crippen LogP) is 5.38. The summed E-state index contributed by atoms with van der Waals surface area (Å²) in [5, 5.41) is 0.683. The number of methoxy groups -OCH3 is 2. The highest BCUT2D eigenvalue weighted by molar-refractivity contribution is 6.48. The fourth-order valence-corrected chi connectivity index (χ4v) is 2.98. The van der Waals surface area contributed by atoms with Crippen LogP contribution in [0.1, 0.15) is 25.0 Å². The molecule has 0 radical (unpaired) electrons. The highest BCUT2D eigenvalue weighted by Gasteiger charge is 2.11. The van der Waals surface area contributed by atoms with Crippen LogP contribution in [-0.2, 0) is 0 Å². The van der Waals surface area contributed by atoms with Crippen molar-refractivity contribution >= 4 is 22.3 Å². The maximum atomic E-state index is 6.45. The Morgan fingerprint density at radius 2 is 1.33 bits per heavy atom. The molecule has 2 aromatic rings. The summed E-state index contributed by atoms with van der Waals surface area (Å²) in [7, 11) is 3.33. The molecule has 0 aromatic heterocycles. The van der Waals surface area contributed by atoms with Crippen LogP contribution in [0.3, 0.4) is 0 Å². The predicted molar refractivity (Wildman–Crippen MR) is 114 cm³/mol. The first-order valence-corrected chi connectivity index (χ1v) is 9.45. The first-order chi connectivity index (χ1) is 13.1. The topological polar surface area (TPSA) is 21.5 Å². The number of ether oxygens (including phenoxy) is 2. The lowest BCUT2D eigenvalue weighted by Gasteiger charge is -2.06. The molecule has 0 bridgehead atoms. The molecule has 0 aliphatic rings. The summed E-state index contributed by atoms with van der Waals surface area (Å²) in [6.45, 7) is 6.17. The fourth-order valence-electron chi connectivity index (χ4n) is 2.78. The zero-order valence-electron chi connectivity index (χ0n) is 16.4. The molecule has 3 nitrogen and oxygen atoms in total. The average molecular weight is 385 g/mol. The molecule has 0 saturated heterocycles. The van der Waals surface area contributed by atoms with E-state index in [4.69, 9.17) is 21.1 Å². The third-order valence-corrected chi connectivity index (χ3v) is 4.70. The van der Waals surface area contributed by atoms with Crippen LogP contribution in [-0.4, -0.2) is 37.6 Å². The standard InChI is InChI=1S/C23H27ClNO2/c1-5-25(6-2)23(19-12-16-21(27-4)17-13-19)9-7-8-22(24)18-10-14-20(26-3)15-11-18/h7-17H,5-6H2,1-4H3/q+1/b9-7+,22-8+. The summed E-state index contributed by atoms with van der Waals surface area (Å²) in [5.41, 5.74) is 3.25. The van der Waals surface area contributed by atoms with E-state index in [2.05, 4.69) is 36.6 Å². The Morgan fingerprint density at radius 3 is 1.78 bits per heavy atom. The normalized spacial score (nSPS) is 11.5. The van der Waals surface area contributed by atoms with E-state index in [0.717, 1.165) is 41.4 Å². The van der Waals surface area contributed by atoms with E-state index in [-0.39, 0.29) is 0 Å². The monoisotopic (exact) mass is 384 g/mol. The summed E-state index contributed by atoms with van der Waals surface area (Å²) < 4.78 is 12.8. The number of halogens is 1. The quantitative estimate of drug-likeness (QED) is 0.346. The average Bonchev–Trinajstić information content (AvgIpc) is 2.73. The highest BCUT2D eigenvalue weighted by atomic mass is 35.5. The lowest BCUT2D eigenvalue weighted by Crippen LogP contribution is -2.20. The van der Waals surface area contributed by atoms with E-state index in [1.807, 2.05) is 48.6 Å². The van der Waals surface area contributed by atoms with Crippen molar-refractivity contribution in [3.8, 4) is 11.5 Å². The summed E-state index contributed by atoms with van der Waals surface area (Å²) in [6, 6.07) is 15.8. The highest BCUT2D eigenvalue weighted by Crippen LogP contribution is 2.22. The number of hydrogen-bond donors (Lipinski definition) is 0. The van der Waals surface area contributed by atoms with Crippen LogP contribution in [0.2, 0.25) is 0 Å². The van der Waals surface area contributed by atoms with Gasteiger partial charge in [0.1, 0.15) is 24.6 Å². The van der Waals surface area contributed by atoms with Crippen LogP contribution in [0.15, 0.2) is 66.8 Å². The van der Waals surface area contributed by atoms with Crippen molar-refractivity contribution < 1.29 is 14.0 Å². The van der Waals surface area contributed by atoms with E-state index in [9.17, 15) is 0 Å². The summed E-state index contributed by atoms with van der Waals surface area (Å²) in [5.74, 6) is 1.67. The smallest absolute Gasteiger partial charge is 0.207 e. The van der Waals surface area contributed by atoms with Gasteiger partial charge in [-0.2, -0.15) is 0 Å². The van der Waals surface area contributed by atoms with Gasteiger partial charge in [0.2, 0.25) is 5.71 Å². The largest absolute Gasteiger partial charge is 0.497 e. The maximum Gasteiger partial charge on any atom is 0.207 e. The van der Waals surface area contributed by atoms with Crippen molar-refractivity contribution in [3.63, 3.8) is 0 Å². The van der Waals surface area contributed by atoms with Gasteiger partial charge in [0.15, 0.2) is 0 Å². The molecular weight excluding hydrogens is 358 g/mol. The zero-order chi connectivity index (χ0) is 19.6. The molecule has 2 aromatic carbocycles. The first-order valence-electron chi connectivity index (χ1n) is 9.07. The van der Waals surface area contributed by atoms with Gasteiger partial charge in [0, 0.05) is 16.7 Å². The van der Waals surface area contributed by atoms with Gasteiger partial charge in [-0.3, -0.25) is 0 Å². The minimum atomic E-state index is 0.683. The van der Waals surface area contributed by atoms with Gasteiger partial charge in [0.25, 0.3) is 0 Å². The van der Waals surface area contributed by atoms with E-state index >= 15 is 0 Å². The van der Waals surface area contributed by atoms with Gasteiger partial charge >= 0.3 is 0 Å².